The first-order chi connectivity index (χ1) is 15.0. The molecule has 1 unspecified atom stereocenters. The molecule has 9 heteroatoms. The molecule has 3 heterocycles. The second-order valence-corrected chi connectivity index (χ2v) is 8.33. The second-order valence-electron chi connectivity index (χ2n) is 7.25. The lowest BCUT2D eigenvalue weighted by atomic mass is 9.97. The third-order valence-electron chi connectivity index (χ3n) is 5.20. The van der Waals surface area contributed by atoms with E-state index < -0.39 is 5.54 Å². The first kappa shape index (κ1) is 21.1. The number of nitrogens with one attached hydrogen (secondary N) is 2. The van der Waals surface area contributed by atoms with Crippen molar-refractivity contribution in [2.24, 2.45) is 0 Å². The molecule has 0 radical (unpaired) electrons. The molecule has 2 aliphatic rings. The number of morpholine rings is 1. The van der Waals surface area contributed by atoms with Gasteiger partial charge in [0.2, 0.25) is 0 Å². The lowest BCUT2D eigenvalue weighted by Gasteiger charge is -2.28. The summed E-state index contributed by atoms with van der Waals surface area (Å²) in [6, 6.07) is 10.3. The van der Waals surface area contributed by atoms with Gasteiger partial charge in [0.05, 0.1) is 23.0 Å². The zero-order chi connectivity index (χ0) is 21.8. The molecule has 2 N–H and O–H groups in total. The van der Waals surface area contributed by atoms with E-state index in [2.05, 4.69) is 16.6 Å². The average molecular weight is 439 g/mol. The van der Waals surface area contributed by atoms with Crippen molar-refractivity contribution >= 4 is 40.4 Å². The Labute approximate surface area is 183 Å². The largest absolute Gasteiger partial charge is 0.378 e. The van der Waals surface area contributed by atoms with Crippen LogP contribution in [-0.4, -0.2) is 56.2 Å². The molecule has 0 saturated carbocycles. The highest BCUT2D eigenvalue weighted by molar-refractivity contribution is 7.14. The number of anilines is 2. The number of carbonyl (C=O) groups excluding carboxylic acids is 3. The maximum atomic E-state index is 13.1. The summed E-state index contributed by atoms with van der Waals surface area (Å²) >= 11 is 1.19. The summed E-state index contributed by atoms with van der Waals surface area (Å²) in [4.78, 5) is 40.5. The number of hydrogen-bond donors (Lipinski definition) is 2. The zero-order valence-electron chi connectivity index (χ0n) is 16.7. The van der Waals surface area contributed by atoms with Gasteiger partial charge in [0.25, 0.3) is 17.7 Å². The smallest absolute Gasteiger partial charge is 0.262 e. The Bertz CT molecular complexity index is 1030. The molecule has 1 atom stereocenters. The zero-order valence-corrected chi connectivity index (χ0v) is 17.5. The van der Waals surface area contributed by atoms with Crippen LogP contribution in [0.2, 0.25) is 0 Å². The van der Waals surface area contributed by atoms with Crippen LogP contribution in [-0.2, 0) is 19.1 Å². The second kappa shape index (κ2) is 8.89. The topological polar surface area (TPSA) is 97.0 Å². The Balaban J connectivity index is 1.45. The standard InChI is InChI=1S/C22H21N3O5S/c1-2-17-7-8-18(31-17)20(27)24-22(9-11-30-14-22)21(28)23-15-3-5-16(6-4-15)25-10-12-29-13-19(25)26/h1,3-8H,9-14H2,(H,23,28)(H,24,27). The van der Waals surface area contributed by atoms with E-state index in [-0.39, 0.29) is 30.9 Å². The van der Waals surface area contributed by atoms with Crippen molar-refractivity contribution in [2.45, 2.75) is 12.0 Å². The predicted molar refractivity (Wildman–Crippen MR) is 116 cm³/mol. The van der Waals surface area contributed by atoms with Gasteiger partial charge in [-0.3, -0.25) is 14.4 Å². The van der Waals surface area contributed by atoms with Crippen molar-refractivity contribution in [3.63, 3.8) is 0 Å². The van der Waals surface area contributed by atoms with Crippen LogP contribution in [0, 0.1) is 12.3 Å². The molecule has 2 fully saturated rings. The molecule has 4 rings (SSSR count). The van der Waals surface area contributed by atoms with Crippen LogP contribution in [0.25, 0.3) is 0 Å². The minimum absolute atomic E-state index is 0.0633. The first-order valence-electron chi connectivity index (χ1n) is 9.77. The number of ether oxygens (including phenoxy) is 2. The monoisotopic (exact) mass is 439 g/mol. The molecule has 2 aliphatic heterocycles. The third kappa shape index (κ3) is 4.46. The summed E-state index contributed by atoms with van der Waals surface area (Å²) in [7, 11) is 0. The molecule has 1 aromatic carbocycles. The minimum Gasteiger partial charge on any atom is -0.378 e. The quantitative estimate of drug-likeness (QED) is 0.690. The Morgan fingerprint density at radius 1 is 1.13 bits per heavy atom. The molecule has 8 nitrogen and oxygen atoms in total. The van der Waals surface area contributed by atoms with E-state index in [1.165, 1.54) is 11.3 Å². The van der Waals surface area contributed by atoms with Gasteiger partial charge in [0, 0.05) is 30.9 Å². The molecule has 31 heavy (non-hydrogen) atoms. The van der Waals surface area contributed by atoms with Crippen LogP contribution in [0.1, 0.15) is 21.0 Å². The lowest BCUT2D eigenvalue weighted by molar-refractivity contribution is -0.125. The molecular weight excluding hydrogens is 418 g/mol. The highest BCUT2D eigenvalue weighted by Gasteiger charge is 2.44. The van der Waals surface area contributed by atoms with E-state index >= 15 is 0 Å². The summed E-state index contributed by atoms with van der Waals surface area (Å²) in [5.74, 6) is 1.67. The van der Waals surface area contributed by atoms with Gasteiger partial charge in [-0.2, -0.15) is 0 Å². The van der Waals surface area contributed by atoms with Gasteiger partial charge in [0.1, 0.15) is 12.1 Å². The number of benzene rings is 1. The number of nitrogens with zero attached hydrogens (tertiary/aromatic N) is 1. The Morgan fingerprint density at radius 3 is 2.58 bits per heavy atom. The number of rotatable bonds is 5. The van der Waals surface area contributed by atoms with Crippen LogP contribution in [0.15, 0.2) is 36.4 Å². The van der Waals surface area contributed by atoms with Crippen molar-refractivity contribution in [2.75, 3.05) is 43.2 Å². The van der Waals surface area contributed by atoms with Crippen LogP contribution in [0.4, 0.5) is 11.4 Å². The van der Waals surface area contributed by atoms with Crippen molar-refractivity contribution in [1.29, 1.82) is 0 Å². The van der Waals surface area contributed by atoms with Crippen molar-refractivity contribution in [1.82, 2.24) is 5.32 Å². The van der Waals surface area contributed by atoms with Crippen LogP contribution < -0.4 is 15.5 Å². The van der Waals surface area contributed by atoms with E-state index in [0.29, 0.717) is 41.6 Å². The van der Waals surface area contributed by atoms with E-state index in [4.69, 9.17) is 15.9 Å². The van der Waals surface area contributed by atoms with Crippen LogP contribution in [0.3, 0.4) is 0 Å². The normalized spacial score (nSPS) is 20.9. The third-order valence-corrected chi connectivity index (χ3v) is 6.22. The van der Waals surface area contributed by atoms with Gasteiger partial charge in [0.15, 0.2) is 0 Å². The number of hydrogen-bond acceptors (Lipinski definition) is 6. The summed E-state index contributed by atoms with van der Waals surface area (Å²) in [5, 5.41) is 5.68. The molecule has 0 aliphatic carbocycles. The van der Waals surface area contributed by atoms with Crippen molar-refractivity contribution < 1.29 is 23.9 Å². The molecule has 2 saturated heterocycles. The predicted octanol–water partition coefficient (Wildman–Crippen LogP) is 1.62. The van der Waals surface area contributed by atoms with Gasteiger partial charge >= 0.3 is 0 Å². The Kier molecular flexibility index (Phi) is 6.04. The van der Waals surface area contributed by atoms with Gasteiger partial charge in [-0.15, -0.1) is 17.8 Å². The maximum absolute atomic E-state index is 13.1. The molecule has 0 bridgehead atoms. The number of thiophene rings is 1. The summed E-state index contributed by atoms with van der Waals surface area (Å²) in [5.41, 5.74) is 0.122. The van der Waals surface area contributed by atoms with Crippen LogP contribution in [0.5, 0.6) is 0 Å². The maximum Gasteiger partial charge on any atom is 0.262 e. The SMILES string of the molecule is C#Cc1ccc(C(=O)NC2(C(=O)Nc3ccc(N4CCOCC4=O)cc3)CCOC2)s1. The van der Waals surface area contributed by atoms with E-state index in [9.17, 15) is 14.4 Å². The average Bonchev–Trinajstić information content (AvgIpc) is 3.45. The van der Waals surface area contributed by atoms with Crippen molar-refractivity contribution in [3.05, 3.63) is 46.2 Å². The Morgan fingerprint density at radius 2 is 1.94 bits per heavy atom. The number of amides is 3. The van der Waals surface area contributed by atoms with E-state index in [1.807, 2.05) is 0 Å². The fraction of sp³-hybridized carbons (Fsp3) is 0.318. The molecule has 3 amide bonds. The molecular formula is C22H21N3O5S. The highest BCUT2D eigenvalue weighted by Crippen LogP contribution is 2.25. The fourth-order valence-corrected chi connectivity index (χ4v) is 4.19. The first-order valence-corrected chi connectivity index (χ1v) is 10.6. The molecule has 1 aromatic heterocycles. The van der Waals surface area contributed by atoms with Crippen molar-refractivity contribution in [3.8, 4) is 12.3 Å². The highest BCUT2D eigenvalue weighted by atomic mass is 32.1. The van der Waals surface area contributed by atoms with E-state index in [0.717, 1.165) is 5.69 Å². The van der Waals surface area contributed by atoms with Gasteiger partial charge in [-0.05, 0) is 36.4 Å². The summed E-state index contributed by atoms with van der Waals surface area (Å²) in [6.07, 6.45) is 5.73. The molecule has 160 valence electrons. The lowest BCUT2D eigenvalue weighted by Crippen LogP contribution is -2.57. The summed E-state index contributed by atoms with van der Waals surface area (Å²) in [6.45, 7) is 1.48. The molecule has 0 spiro atoms. The number of terminal acetylenes is 1. The molecule has 2 aromatic rings. The summed E-state index contributed by atoms with van der Waals surface area (Å²) < 4.78 is 10.6. The Hall–Kier alpha value is -3.19. The van der Waals surface area contributed by atoms with Gasteiger partial charge in [-0.25, -0.2) is 0 Å². The van der Waals surface area contributed by atoms with Gasteiger partial charge in [-0.1, -0.05) is 5.92 Å². The van der Waals surface area contributed by atoms with E-state index in [1.54, 1.807) is 41.3 Å². The van der Waals surface area contributed by atoms with Crippen LogP contribution >= 0.6 is 11.3 Å². The fourth-order valence-electron chi connectivity index (χ4n) is 3.48. The minimum atomic E-state index is -1.17. The number of carbonyl (C=O) groups is 3. The van der Waals surface area contributed by atoms with Gasteiger partial charge < -0.3 is 25.0 Å².